The van der Waals surface area contributed by atoms with Gasteiger partial charge in [-0.25, -0.2) is 10.3 Å². The Labute approximate surface area is 207 Å². The van der Waals surface area contributed by atoms with E-state index >= 15 is 0 Å². The first kappa shape index (κ1) is 22.6. The van der Waals surface area contributed by atoms with Crippen molar-refractivity contribution in [2.24, 2.45) is 5.92 Å². The monoisotopic (exact) mass is 493 g/mol. The van der Waals surface area contributed by atoms with Crippen LogP contribution in [0, 0.1) is 19.8 Å². The second kappa shape index (κ2) is 8.55. The molecule has 0 aromatic heterocycles. The van der Waals surface area contributed by atoms with Crippen LogP contribution in [0.3, 0.4) is 0 Å². The molecule has 2 aliphatic rings. The van der Waals surface area contributed by atoms with E-state index < -0.39 is 29.8 Å². The van der Waals surface area contributed by atoms with Crippen LogP contribution in [0.15, 0.2) is 66.7 Å². The van der Waals surface area contributed by atoms with Gasteiger partial charge in [-0.3, -0.25) is 19.4 Å². The lowest BCUT2D eigenvalue weighted by molar-refractivity contribution is -0.123. The number of anilines is 1. The molecule has 2 aliphatic heterocycles. The molecule has 3 aromatic carbocycles. The van der Waals surface area contributed by atoms with Crippen LogP contribution in [-0.4, -0.2) is 28.8 Å². The number of hydrogen-bond acceptors (Lipinski definition) is 4. The van der Waals surface area contributed by atoms with Crippen molar-refractivity contribution in [1.82, 2.24) is 10.4 Å². The number of nitrogens with zero attached hydrogens (tertiary/aromatic N) is 2. The molecule has 2 heterocycles. The largest absolute Gasteiger partial charge is 0.274 e. The number of hydrogen-bond donors (Lipinski definition) is 1. The summed E-state index contributed by atoms with van der Waals surface area (Å²) in [6, 6.07) is 17.8. The van der Waals surface area contributed by atoms with E-state index in [1.165, 1.54) is 11.1 Å². The van der Waals surface area contributed by atoms with Gasteiger partial charge in [0.05, 0.1) is 22.7 Å². The summed E-state index contributed by atoms with van der Waals surface area (Å²) in [6.45, 7) is 3.90. The van der Waals surface area contributed by atoms with Gasteiger partial charge in [-0.05, 0) is 49.7 Å². The van der Waals surface area contributed by atoms with Crippen LogP contribution in [0.4, 0.5) is 5.69 Å². The first-order valence-electron chi connectivity index (χ1n) is 10.8. The van der Waals surface area contributed by atoms with Crippen LogP contribution in [0.2, 0.25) is 10.0 Å². The Balaban J connectivity index is 1.59. The smallest absolute Gasteiger partial charge is 0.268 e. The number of benzene rings is 3. The summed E-state index contributed by atoms with van der Waals surface area (Å²) >= 11 is 12.4. The predicted molar refractivity (Wildman–Crippen MR) is 131 cm³/mol. The van der Waals surface area contributed by atoms with Crippen LogP contribution >= 0.6 is 23.2 Å². The van der Waals surface area contributed by atoms with E-state index in [0.29, 0.717) is 10.6 Å². The molecule has 0 saturated carbocycles. The average molecular weight is 494 g/mol. The fraction of sp³-hybridized carbons (Fsp3) is 0.192. The maximum Gasteiger partial charge on any atom is 0.268 e. The minimum Gasteiger partial charge on any atom is -0.274 e. The highest BCUT2D eigenvalue weighted by Gasteiger charge is 2.60. The summed E-state index contributed by atoms with van der Waals surface area (Å²) in [5.74, 6) is -2.12. The molecule has 3 aromatic rings. The van der Waals surface area contributed by atoms with E-state index in [-0.39, 0.29) is 16.6 Å². The van der Waals surface area contributed by atoms with Crippen molar-refractivity contribution >= 4 is 46.6 Å². The molecular weight excluding hydrogens is 473 g/mol. The van der Waals surface area contributed by atoms with Crippen LogP contribution < -0.4 is 10.3 Å². The average Bonchev–Trinajstić information content (AvgIpc) is 3.32. The molecule has 172 valence electrons. The molecule has 0 radical (unpaired) electrons. The van der Waals surface area contributed by atoms with Crippen LogP contribution in [0.5, 0.6) is 0 Å². The van der Waals surface area contributed by atoms with Crippen molar-refractivity contribution in [3.05, 3.63) is 99.0 Å². The molecule has 3 atom stereocenters. The number of rotatable bonds is 3. The molecule has 0 unspecified atom stereocenters. The summed E-state index contributed by atoms with van der Waals surface area (Å²) in [6.07, 6.45) is 0. The van der Waals surface area contributed by atoms with E-state index in [4.69, 9.17) is 23.2 Å². The SMILES string of the molecule is Cc1ccc(C(=O)N2N[C@H](c3ccc(C)cc3)[C@@H]3C(=O)N(c4ccc(Cl)cc4Cl)C(=O)[C@@H]32)cc1. The Morgan fingerprint density at radius 1 is 0.853 bits per heavy atom. The molecule has 34 heavy (non-hydrogen) atoms. The molecule has 3 amide bonds. The number of halogens is 2. The normalized spacial score (nSPS) is 21.8. The van der Waals surface area contributed by atoms with Gasteiger partial charge in [-0.2, -0.15) is 0 Å². The lowest BCUT2D eigenvalue weighted by Crippen LogP contribution is -2.48. The zero-order valence-corrected chi connectivity index (χ0v) is 20.0. The number of amides is 3. The van der Waals surface area contributed by atoms with Gasteiger partial charge < -0.3 is 0 Å². The van der Waals surface area contributed by atoms with Crippen molar-refractivity contribution in [3.8, 4) is 0 Å². The molecule has 0 spiro atoms. The Morgan fingerprint density at radius 2 is 1.47 bits per heavy atom. The van der Waals surface area contributed by atoms with Crippen LogP contribution in [-0.2, 0) is 9.59 Å². The highest BCUT2D eigenvalue weighted by atomic mass is 35.5. The van der Waals surface area contributed by atoms with Crippen molar-refractivity contribution in [2.75, 3.05) is 4.90 Å². The quantitative estimate of drug-likeness (QED) is 0.528. The summed E-state index contributed by atoms with van der Waals surface area (Å²) in [5, 5.41) is 1.87. The molecule has 2 fully saturated rings. The molecule has 0 aliphatic carbocycles. The number of aryl methyl sites for hydroxylation is 2. The van der Waals surface area contributed by atoms with Gasteiger partial charge in [0.2, 0.25) is 5.91 Å². The minimum absolute atomic E-state index is 0.186. The van der Waals surface area contributed by atoms with E-state index in [9.17, 15) is 14.4 Å². The fourth-order valence-corrected chi connectivity index (χ4v) is 5.05. The molecule has 2 saturated heterocycles. The second-order valence-corrected chi connectivity index (χ2v) is 9.48. The fourth-order valence-electron chi connectivity index (χ4n) is 4.56. The maximum atomic E-state index is 13.7. The van der Waals surface area contributed by atoms with Crippen molar-refractivity contribution in [3.63, 3.8) is 0 Å². The molecule has 5 rings (SSSR count). The Hall–Kier alpha value is -3.19. The van der Waals surface area contributed by atoms with Gasteiger partial charge in [0, 0.05) is 10.6 Å². The van der Waals surface area contributed by atoms with E-state index in [0.717, 1.165) is 21.6 Å². The van der Waals surface area contributed by atoms with Gasteiger partial charge in [0.25, 0.3) is 11.8 Å². The first-order chi connectivity index (χ1) is 16.3. The number of nitrogens with one attached hydrogen (secondary N) is 1. The number of fused-ring (bicyclic) bond motifs is 1. The Kier molecular flexibility index (Phi) is 5.68. The van der Waals surface area contributed by atoms with Gasteiger partial charge in [0.1, 0.15) is 6.04 Å². The van der Waals surface area contributed by atoms with Gasteiger partial charge in [-0.15, -0.1) is 0 Å². The molecule has 6 nitrogen and oxygen atoms in total. The van der Waals surface area contributed by atoms with Crippen LogP contribution in [0.25, 0.3) is 0 Å². The predicted octanol–water partition coefficient (Wildman–Crippen LogP) is 4.87. The minimum atomic E-state index is -1.01. The standard InChI is InChI=1S/C26H21Cl2N3O3/c1-14-3-7-16(8-4-14)22-21-23(31(29-22)24(32)17-9-5-15(2)6-10-17)26(34)30(25(21)33)20-12-11-18(27)13-19(20)28/h3-13,21-23,29H,1-2H3/t21-,22+,23+/m0/s1. The summed E-state index contributed by atoms with van der Waals surface area (Å²) in [4.78, 5) is 41.9. The summed E-state index contributed by atoms with van der Waals surface area (Å²) in [5.41, 5.74) is 6.72. The number of imide groups is 1. The second-order valence-electron chi connectivity index (χ2n) is 8.64. The molecular formula is C26H21Cl2N3O3. The highest BCUT2D eigenvalue weighted by Crippen LogP contribution is 2.44. The Bertz CT molecular complexity index is 1310. The zero-order valence-electron chi connectivity index (χ0n) is 18.5. The zero-order chi connectivity index (χ0) is 24.1. The van der Waals surface area contributed by atoms with Crippen LogP contribution in [0.1, 0.15) is 33.1 Å². The van der Waals surface area contributed by atoms with Crippen molar-refractivity contribution in [2.45, 2.75) is 25.9 Å². The van der Waals surface area contributed by atoms with Crippen molar-refractivity contribution in [1.29, 1.82) is 0 Å². The van der Waals surface area contributed by atoms with E-state index in [1.807, 2.05) is 50.2 Å². The summed E-state index contributed by atoms with van der Waals surface area (Å²) < 4.78 is 0. The number of hydrazine groups is 1. The highest BCUT2D eigenvalue weighted by molar-refractivity contribution is 6.38. The van der Waals surface area contributed by atoms with E-state index in [2.05, 4.69) is 5.43 Å². The third-order valence-corrected chi connectivity index (χ3v) is 6.88. The lowest BCUT2D eigenvalue weighted by atomic mass is 9.90. The molecule has 0 bridgehead atoms. The first-order valence-corrected chi connectivity index (χ1v) is 11.6. The van der Waals surface area contributed by atoms with E-state index in [1.54, 1.807) is 24.3 Å². The maximum absolute atomic E-state index is 13.7. The molecule has 1 N–H and O–H groups in total. The number of carbonyl (C=O) groups excluding carboxylic acids is 3. The Morgan fingerprint density at radius 3 is 2.09 bits per heavy atom. The lowest BCUT2D eigenvalue weighted by Gasteiger charge is -2.25. The van der Waals surface area contributed by atoms with Gasteiger partial charge in [0.15, 0.2) is 0 Å². The third kappa shape index (κ3) is 3.68. The van der Waals surface area contributed by atoms with Gasteiger partial charge in [-0.1, -0.05) is 70.7 Å². The summed E-state index contributed by atoms with van der Waals surface area (Å²) in [7, 11) is 0. The third-order valence-electron chi connectivity index (χ3n) is 6.34. The number of carbonyl (C=O) groups is 3. The van der Waals surface area contributed by atoms with Crippen molar-refractivity contribution < 1.29 is 14.4 Å². The topological polar surface area (TPSA) is 69.7 Å². The van der Waals surface area contributed by atoms with Gasteiger partial charge >= 0.3 is 0 Å². The molecule has 8 heteroatoms.